The average Bonchev–Trinajstić information content (AvgIpc) is 2.57. The Morgan fingerprint density at radius 3 is 2.58 bits per heavy atom. The molecule has 2 rings (SSSR count). The lowest BCUT2D eigenvalue weighted by Crippen LogP contribution is -2.39. The van der Waals surface area contributed by atoms with Crippen LogP contribution in [0.2, 0.25) is 0 Å². The van der Waals surface area contributed by atoms with Crippen LogP contribution in [0.1, 0.15) is 5.56 Å². The molecule has 24 heavy (non-hydrogen) atoms. The number of halogens is 3. The molecule has 0 spiro atoms. The molecule has 128 valence electrons. The molecule has 0 aliphatic heterocycles. The first kappa shape index (κ1) is 17.7. The van der Waals surface area contributed by atoms with Crippen molar-refractivity contribution in [3.05, 3.63) is 65.5 Å². The van der Waals surface area contributed by atoms with Crippen molar-refractivity contribution in [2.75, 3.05) is 20.2 Å². The van der Waals surface area contributed by atoms with Gasteiger partial charge in [0, 0.05) is 25.2 Å². The fourth-order valence-electron chi connectivity index (χ4n) is 1.97. The van der Waals surface area contributed by atoms with Crippen molar-refractivity contribution in [3.8, 4) is 5.75 Å². The fraction of sp³-hybridized carbons (Fsp3) is 0.235. The third kappa shape index (κ3) is 5.49. The smallest absolute Gasteiger partial charge is 0.191 e. The van der Waals surface area contributed by atoms with Gasteiger partial charge in [0.2, 0.25) is 0 Å². The van der Waals surface area contributed by atoms with E-state index in [9.17, 15) is 13.2 Å². The maximum atomic E-state index is 13.5. The number of hydrogen-bond donors (Lipinski definition) is 2. The monoisotopic (exact) mass is 337 g/mol. The highest BCUT2D eigenvalue weighted by Gasteiger charge is 2.05. The van der Waals surface area contributed by atoms with Crippen molar-refractivity contribution < 1.29 is 17.9 Å². The number of guanidine groups is 1. The summed E-state index contributed by atoms with van der Waals surface area (Å²) in [6.07, 6.45) is 0. The van der Waals surface area contributed by atoms with E-state index in [2.05, 4.69) is 15.6 Å². The highest BCUT2D eigenvalue weighted by Crippen LogP contribution is 2.11. The van der Waals surface area contributed by atoms with E-state index in [1.165, 1.54) is 12.1 Å². The summed E-state index contributed by atoms with van der Waals surface area (Å²) in [5, 5.41) is 5.84. The average molecular weight is 337 g/mol. The molecule has 7 heteroatoms. The van der Waals surface area contributed by atoms with E-state index in [0.717, 1.165) is 18.2 Å². The Balaban J connectivity index is 1.75. The van der Waals surface area contributed by atoms with Gasteiger partial charge in [-0.25, -0.2) is 13.2 Å². The highest BCUT2D eigenvalue weighted by atomic mass is 19.1. The zero-order chi connectivity index (χ0) is 17.4. The van der Waals surface area contributed by atoms with Crippen molar-refractivity contribution >= 4 is 5.96 Å². The molecule has 0 radical (unpaired) electrons. The molecule has 0 aliphatic rings. The SMILES string of the molecule is CN=C(NCCOc1cccc(F)c1)NCc1cc(F)ccc1F. The predicted molar refractivity (Wildman–Crippen MR) is 86.5 cm³/mol. The number of ether oxygens (including phenoxy) is 1. The van der Waals surface area contributed by atoms with Gasteiger partial charge in [-0.2, -0.15) is 0 Å². The molecule has 0 saturated heterocycles. The zero-order valence-corrected chi connectivity index (χ0v) is 13.2. The topological polar surface area (TPSA) is 45.7 Å². The van der Waals surface area contributed by atoms with Gasteiger partial charge < -0.3 is 15.4 Å². The van der Waals surface area contributed by atoms with E-state index in [0.29, 0.717) is 24.9 Å². The van der Waals surface area contributed by atoms with E-state index in [-0.39, 0.29) is 17.9 Å². The largest absolute Gasteiger partial charge is 0.492 e. The Labute approximate surface area is 138 Å². The van der Waals surface area contributed by atoms with Gasteiger partial charge in [-0.3, -0.25) is 4.99 Å². The summed E-state index contributed by atoms with van der Waals surface area (Å²) in [6, 6.07) is 9.12. The van der Waals surface area contributed by atoms with E-state index >= 15 is 0 Å². The molecule has 0 fully saturated rings. The number of benzene rings is 2. The number of hydrogen-bond acceptors (Lipinski definition) is 2. The van der Waals surface area contributed by atoms with Gasteiger partial charge in [-0.15, -0.1) is 0 Å². The molecule has 0 heterocycles. The van der Waals surface area contributed by atoms with Gasteiger partial charge >= 0.3 is 0 Å². The van der Waals surface area contributed by atoms with Crippen LogP contribution < -0.4 is 15.4 Å². The predicted octanol–water partition coefficient (Wildman–Crippen LogP) is 2.85. The minimum Gasteiger partial charge on any atom is -0.492 e. The Kier molecular flexibility index (Phi) is 6.48. The van der Waals surface area contributed by atoms with E-state index in [4.69, 9.17) is 4.74 Å². The van der Waals surface area contributed by atoms with Gasteiger partial charge in [0.25, 0.3) is 0 Å². The first-order chi connectivity index (χ1) is 11.6. The van der Waals surface area contributed by atoms with Crippen LogP contribution in [0.25, 0.3) is 0 Å². The Morgan fingerprint density at radius 1 is 1.04 bits per heavy atom. The van der Waals surface area contributed by atoms with Crippen LogP contribution in [0.4, 0.5) is 13.2 Å². The molecule has 0 bridgehead atoms. The normalized spacial score (nSPS) is 11.2. The summed E-state index contributed by atoms with van der Waals surface area (Å²) in [5.74, 6) is -0.508. The Hall–Kier alpha value is -2.70. The Bertz CT molecular complexity index is 707. The van der Waals surface area contributed by atoms with Crippen LogP contribution in [-0.2, 0) is 6.54 Å². The molecule has 2 N–H and O–H groups in total. The van der Waals surface area contributed by atoms with E-state index < -0.39 is 11.6 Å². The molecule has 0 unspecified atom stereocenters. The Morgan fingerprint density at radius 2 is 1.83 bits per heavy atom. The molecule has 4 nitrogen and oxygen atoms in total. The van der Waals surface area contributed by atoms with Crippen LogP contribution in [0.3, 0.4) is 0 Å². The summed E-state index contributed by atoms with van der Waals surface area (Å²) in [7, 11) is 1.56. The number of nitrogens with zero attached hydrogens (tertiary/aromatic N) is 1. The summed E-state index contributed by atoms with van der Waals surface area (Å²) in [6.45, 7) is 0.786. The second-order valence-corrected chi connectivity index (χ2v) is 4.89. The third-order valence-corrected chi connectivity index (χ3v) is 3.14. The molecular formula is C17H18F3N3O. The van der Waals surface area contributed by atoms with Gasteiger partial charge in [-0.1, -0.05) is 6.07 Å². The van der Waals surface area contributed by atoms with Crippen molar-refractivity contribution in [1.29, 1.82) is 0 Å². The van der Waals surface area contributed by atoms with E-state index in [1.54, 1.807) is 19.2 Å². The first-order valence-corrected chi connectivity index (χ1v) is 7.35. The van der Waals surface area contributed by atoms with Gasteiger partial charge in [-0.05, 0) is 30.3 Å². The second kappa shape index (κ2) is 8.81. The van der Waals surface area contributed by atoms with Crippen LogP contribution in [0.15, 0.2) is 47.5 Å². The molecule has 0 saturated carbocycles. The van der Waals surface area contributed by atoms with Crippen molar-refractivity contribution in [2.45, 2.75) is 6.54 Å². The fourth-order valence-corrected chi connectivity index (χ4v) is 1.97. The summed E-state index contributed by atoms with van der Waals surface area (Å²) < 4.78 is 45.0. The lowest BCUT2D eigenvalue weighted by molar-refractivity contribution is 0.320. The highest BCUT2D eigenvalue weighted by molar-refractivity contribution is 5.79. The standard InChI is InChI=1S/C17H18F3N3O/c1-21-17(23-11-12-9-14(19)5-6-16(12)20)22-7-8-24-15-4-2-3-13(18)10-15/h2-6,9-10H,7-8,11H2,1H3,(H2,21,22,23). The minimum absolute atomic E-state index is 0.0913. The second-order valence-electron chi connectivity index (χ2n) is 4.89. The minimum atomic E-state index is -0.500. The number of rotatable bonds is 6. The molecular weight excluding hydrogens is 319 g/mol. The van der Waals surface area contributed by atoms with Crippen LogP contribution in [-0.4, -0.2) is 26.2 Å². The maximum absolute atomic E-state index is 13.5. The van der Waals surface area contributed by atoms with Crippen LogP contribution >= 0.6 is 0 Å². The zero-order valence-electron chi connectivity index (χ0n) is 13.2. The molecule has 2 aromatic carbocycles. The van der Waals surface area contributed by atoms with Crippen LogP contribution in [0.5, 0.6) is 5.75 Å². The van der Waals surface area contributed by atoms with Crippen LogP contribution in [0, 0.1) is 17.5 Å². The summed E-state index contributed by atoms with van der Waals surface area (Å²) >= 11 is 0. The summed E-state index contributed by atoms with van der Waals surface area (Å²) in [4.78, 5) is 3.98. The number of aliphatic imine (C=N–C) groups is 1. The lowest BCUT2D eigenvalue weighted by atomic mass is 10.2. The molecule has 0 atom stereocenters. The van der Waals surface area contributed by atoms with Gasteiger partial charge in [0.15, 0.2) is 5.96 Å². The van der Waals surface area contributed by atoms with Gasteiger partial charge in [0.05, 0.1) is 6.54 Å². The molecule has 0 aliphatic carbocycles. The third-order valence-electron chi connectivity index (χ3n) is 3.14. The number of nitrogens with one attached hydrogen (secondary N) is 2. The van der Waals surface area contributed by atoms with Crippen molar-refractivity contribution in [3.63, 3.8) is 0 Å². The molecule has 2 aromatic rings. The maximum Gasteiger partial charge on any atom is 0.191 e. The molecule has 0 aromatic heterocycles. The van der Waals surface area contributed by atoms with E-state index in [1.807, 2.05) is 0 Å². The van der Waals surface area contributed by atoms with Crippen molar-refractivity contribution in [1.82, 2.24) is 10.6 Å². The lowest BCUT2D eigenvalue weighted by Gasteiger charge is -2.13. The first-order valence-electron chi connectivity index (χ1n) is 7.35. The quantitative estimate of drug-likeness (QED) is 0.484. The summed E-state index contributed by atoms with van der Waals surface area (Å²) in [5.41, 5.74) is 0.203. The van der Waals surface area contributed by atoms with Crippen molar-refractivity contribution in [2.24, 2.45) is 4.99 Å². The van der Waals surface area contributed by atoms with Gasteiger partial charge in [0.1, 0.15) is 29.8 Å². The molecule has 0 amide bonds.